The first-order chi connectivity index (χ1) is 4.43. The van der Waals surface area contributed by atoms with Crippen LogP contribution in [-0.4, -0.2) is 4.98 Å². The Labute approximate surface area is 54.7 Å². The van der Waals surface area contributed by atoms with Gasteiger partial charge >= 0.3 is 0 Å². The summed E-state index contributed by atoms with van der Waals surface area (Å²) in [6.45, 7) is 1.60. The van der Waals surface area contributed by atoms with Crippen molar-refractivity contribution in [3.8, 4) is 0 Å². The van der Waals surface area contributed by atoms with Gasteiger partial charge in [0.1, 0.15) is 0 Å². The molecule has 1 rings (SSSR count). The highest BCUT2D eigenvalue weighted by atomic mass is 14.7. The number of rotatable bonds is 2. The Morgan fingerprint density at radius 1 is 1.56 bits per heavy atom. The van der Waals surface area contributed by atoms with E-state index in [1.807, 2.05) is 18.2 Å². The third kappa shape index (κ3) is 1.82. The van der Waals surface area contributed by atoms with Crippen molar-refractivity contribution < 1.29 is 0 Å². The highest BCUT2D eigenvalue weighted by molar-refractivity contribution is 5.04. The molecule has 1 radical (unpaired) electrons. The zero-order valence-corrected chi connectivity index (χ0v) is 5.12. The third-order valence-electron chi connectivity index (χ3n) is 1.05. The highest BCUT2D eigenvalue weighted by Crippen LogP contribution is 1.93. The molecule has 0 aliphatic rings. The first kappa shape index (κ1) is 6.23. The lowest BCUT2D eigenvalue weighted by Crippen LogP contribution is -1.96. The summed E-state index contributed by atoms with van der Waals surface area (Å²) in [5.74, 6) is 0. The Morgan fingerprint density at radius 2 is 2.44 bits per heavy atom. The van der Waals surface area contributed by atoms with Gasteiger partial charge in [0.25, 0.3) is 0 Å². The number of aromatic nitrogens is 1. The van der Waals surface area contributed by atoms with Gasteiger partial charge in [-0.2, -0.15) is 0 Å². The fraction of sp³-hybridized carbons (Fsp3) is 0.143. The van der Waals surface area contributed by atoms with Gasteiger partial charge in [-0.1, -0.05) is 6.07 Å². The largest absolute Gasteiger partial charge is 0.326 e. The molecule has 2 nitrogen and oxygen atoms in total. The molecule has 0 amide bonds. The summed E-state index contributed by atoms with van der Waals surface area (Å²) >= 11 is 0. The van der Waals surface area contributed by atoms with Crippen molar-refractivity contribution in [2.24, 2.45) is 5.73 Å². The fourth-order valence-corrected chi connectivity index (χ4v) is 0.640. The summed E-state index contributed by atoms with van der Waals surface area (Å²) in [6, 6.07) is 5.79. The molecule has 0 fully saturated rings. The molecule has 1 aromatic rings. The number of pyridine rings is 1. The van der Waals surface area contributed by atoms with E-state index < -0.39 is 0 Å². The van der Waals surface area contributed by atoms with Gasteiger partial charge in [-0.25, -0.2) is 0 Å². The van der Waals surface area contributed by atoms with Crippen LogP contribution in [0.25, 0.3) is 0 Å². The van der Waals surface area contributed by atoms with Crippen molar-refractivity contribution >= 4 is 0 Å². The predicted octanol–water partition coefficient (Wildman–Crippen LogP) is 0.745. The predicted molar refractivity (Wildman–Crippen MR) is 36.4 cm³/mol. The summed E-state index contributed by atoms with van der Waals surface area (Å²) in [6.07, 6.45) is 2.51. The smallest absolute Gasteiger partial charge is 0.0419 e. The van der Waals surface area contributed by atoms with Crippen LogP contribution in [0.3, 0.4) is 0 Å². The minimum atomic E-state index is 0.751. The molecule has 0 aromatic carbocycles. The van der Waals surface area contributed by atoms with Crippen LogP contribution in [0.5, 0.6) is 0 Å². The molecule has 47 valence electrons. The molecule has 0 unspecified atom stereocenters. The van der Waals surface area contributed by atoms with Crippen LogP contribution in [0.15, 0.2) is 24.4 Å². The number of nitrogens with zero attached hydrogens (tertiary/aromatic N) is 1. The van der Waals surface area contributed by atoms with Crippen LogP contribution < -0.4 is 5.73 Å². The van der Waals surface area contributed by atoms with E-state index in [4.69, 9.17) is 5.73 Å². The van der Waals surface area contributed by atoms with Crippen LogP contribution in [0.1, 0.15) is 5.69 Å². The summed E-state index contributed by atoms with van der Waals surface area (Å²) in [4.78, 5) is 4.06. The van der Waals surface area contributed by atoms with Gasteiger partial charge in [-0.15, -0.1) is 0 Å². The Balaban J connectivity index is 2.61. The van der Waals surface area contributed by atoms with E-state index in [1.54, 1.807) is 12.7 Å². The van der Waals surface area contributed by atoms with E-state index in [9.17, 15) is 0 Å². The maximum absolute atomic E-state index is 5.20. The van der Waals surface area contributed by atoms with E-state index in [2.05, 4.69) is 4.98 Å². The van der Waals surface area contributed by atoms with Crippen molar-refractivity contribution in [3.63, 3.8) is 0 Å². The molecule has 0 bridgehead atoms. The lowest BCUT2D eigenvalue weighted by molar-refractivity contribution is 1.02. The maximum Gasteiger partial charge on any atom is 0.0419 e. The Hall–Kier alpha value is -0.890. The zero-order valence-electron chi connectivity index (χ0n) is 5.12. The molecule has 0 spiro atoms. The van der Waals surface area contributed by atoms with Crippen LogP contribution in [-0.2, 0) is 6.42 Å². The Morgan fingerprint density at radius 3 is 3.00 bits per heavy atom. The van der Waals surface area contributed by atoms with Crippen LogP contribution in [0.4, 0.5) is 0 Å². The Kier molecular flexibility index (Phi) is 2.22. The van der Waals surface area contributed by atoms with Gasteiger partial charge in [0, 0.05) is 24.9 Å². The Bertz CT molecular complexity index is 160. The average Bonchev–Trinajstić information content (AvgIpc) is 1.91. The van der Waals surface area contributed by atoms with E-state index in [0.29, 0.717) is 0 Å². The second-order valence-corrected chi connectivity index (χ2v) is 1.76. The maximum atomic E-state index is 5.20. The van der Waals surface area contributed by atoms with Crippen molar-refractivity contribution in [1.82, 2.24) is 4.98 Å². The van der Waals surface area contributed by atoms with E-state index in [1.165, 1.54) is 0 Å². The number of nitrogens with two attached hydrogens (primary N) is 1. The highest BCUT2D eigenvalue weighted by Gasteiger charge is 1.86. The molecule has 2 heteroatoms. The van der Waals surface area contributed by atoms with E-state index in [0.717, 1.165) is 12.1 Å². The molecular weight excluding hydrogens is 112 g/mol. The molecule has 0 atom stereocenters. The molecule has 0 saturated carbocycles. The van der Waals surface area contributed by atoms with E-state index in [-0.39, 0.29) is 0 Å². The SMILES string of the molecule is N[CH]Cc1ccccn1. The topological polar surface area (TPSA) is 38.9 Å². The lowest BCUT2D eigenvalue weighted by Gasteiger charge is -1.92. The molecule has 9 heavy (non-hydrogen) atoms. The normalized spacial score (nSPS) is 9.44. The van der Waals surface area contributed by atoms with Crippen LogP contribution in [0.2, 0.25) is 0 Å². The quantitative estimate of drug-likeness (QED) is 0.627. The van der Waals surface area contributed by atoms with Crippen LogP contribution >= 0.6 is 0 Å². The first-order valence-corrected chi connectivity index (χ1v) is 2.87. The molecule has 2 N–H and O–H groups in total. The molecule has 1 heterocycles. The monoisotopic (exact) mass is 121 g/mol. The minimum Gasteiger partial charge on any atom is -0.326 e. The van der Waals surface area contributed by atoms with Crippen molar-refractivity contribution in [3.05, 3.63) is 36.6 Å². The van der Waals surface area contributed by atoms with Gasteiger partial charge in [-0.05, 0) is 12.1 Å². The summed E-state index contributed by atoms with van der Waals surface area (Å²) in [5, 5.41) is 0. The molecule has 0 saturated heterocycles. The second-order valence-electron chi connectivity index (χ2n) is 1.76. The van der Waals surface area contributed by atoms with Crippen LogP contribution in [0, 0.1) is 6.54 Å². The van der Waals surface area contributed by atoms with Gasteiger partial charge in [0.2, 0.25) is 0 Å². The van der Waals surface area contributed by atoms with Crippen molar-refractivity contribution in [1.29, 1.82) is 0 Å². The lowest BCUT2D eigenvalue weighted by atomic mass is 10.3. The third-order valence-corrected chi connectivity index (χ3v) is 1.05. The molecular formula is C7H9N2. The second kappa shape index (κ2) is 3.20. The molecule has 1 aromatic heterocycles. The average molecular weight is 121 g/mol. The number of hydrogen-bond donors (Lipinski definition) is 1. The standard InChI is InChI=1S/C7H9N2/c8-5-4-7-3-1-2-6-9-7/h1-3,5-6H,4,8H2. The fourth-order valence-electron chi connectivity index (χ4n) is 0.640. The first-order valence-electron chi connectivity index (χ1n) is 2.87. The zero-order chi connectivity index (χ0) is 6.53. The summed E-state index contributed by atoms with van der Waals surface area (Å²) in [7, 11) is 0. The van der Waals surface area contributed by atoms with Gasteiger partial charge in [0.05, 0.1) is 0 Å². The van der Waals surface area contributed by atoms with Crippen molar-refractivity contribution in [2.45, 2.75) is 6.42 Å². The number of hydrogen-bond acceptors (Lipinski definition) is 2. The minimum absolute atomic E-state index is 0.751. The summed E-state index contributed by atoms with van der Waals surface area (Å²) in [5.41, 5.74) is 6.21. The van der Waals surface area contributed by atoms with Gasteiger partial charge in [0.15, 0.2) is 0 Å². The molecule has 0 aliphatic heterocycles. The van der Waals surface area contributed by atoms with E-state index >= 15 is 0 Å². The van der Waals surface area contributed by atoms with Crippen molar-refractivity contribution in [2.75, 3.05) is 0 Å². The summed E-state index contributed by atoms with van der Waals surface area (Å²) < 4.78 is 0. The van der Waals surface area contributed by atoms with Gasteiger partial charge < -0.3 is 5.73 Å². The van der Waals surface area contributed by atoms with Gasteiger partial charge in [-0.3, -0.25) is 4.98 Å². The molecule has 0 aliphatic carbocycles.